The van der Waals surface area contributed by atoms with Crippen LogP contribution in [0.4, 0.5) is 5.69 Å². The molecule has 1 saturated carbocycles. The SMILES string of the molecule is CC(C)CC(NC(=O)c1ccc(N)cc1)C(=O)N1CCC2C1C(=O)CN2C(=O)CC1CCCCC1. The Bertz CT molecular complexity index is 954. The van der Waals surface area contributed by atoms with E-state index in [1.54, 1.807) is 34.1 Å². The molecule has 3 amide bonds. The first-order valence-corrected chi connectivity index (χ1v) is 13.0. The number of benzene rings is 1. The molecular weight excluding hydrogens is 444 g/mol. The first-order valence-electron chi connectivity index (χ1n) is 13.0. The van der Waals surface area contributed by atoms with Crippen LogP contribution in [0.25, 0.3) is 0 Å². The largest absolute Gasteiger partial charge is 0.399 e. The summed E-state index contributed by atoms with van der Waals surface area (Å²) in [4.78, 5) is 55.9. The Morgan fingerprint density at radius 2 is 1.71 bits per heavy atom. The molecule has 1 aromatic rings. The van der Waals surface area contributed by atoms with Gasteiger partial charge >= 0.3 is 0 Å². The lowest BCUT2D eigenvalue weighted by atomic mass is 9.86. The monoisotopic (exact) mass is 482 g/mol. The first-order chi connectivity index (χ1) is 16.7. The summed E-state index contributed by atoms with van der Waals surface area (Å²) in [6.45, 7) is 4.49. The fourth-order valence-electron chi connectivity index (χ4n) is 5.91. The molecule has 0 radical (unpaired) electrons. The average Bonchev–Trinajstić information content (AvgIpc) is 3.40. The maximum Gasteiger partial charge on any atom is 0.251 e. The topological polar surface area (TPSA) is 113 Å². The Kier molecular flexibility index (Phi) is 7.77. The molecule has 8 heteroatoms. The van der Waals surface area contributed by atoms with Crippen LogP contribution in [0.2, 0.25) is 0 Å². The quantitative estimate of drug-likeness (QED) is 0.580. The molecule has 3 N–H and O–H groups in total. The van der Waals surface area contributed by atoms with Gasteiger partial charge in [0.15, 0.2) is 5.78 Å². The Hall–Kier alpha value is -2.90. The maximum absolute atomic E-state index is 13.6. The van der Waals surface area contributed by atoms with Crippen LogP contribution in [0, 0.1) is 11.8 Å². The number of nitrogen functional groups attached to an aromatic ring is 1. The molecule has 1 aliphatic carbocycles. The molecule has 0 spiro atoms. The van der Waals surface area contributed by atoms with Gasteiger partial charge in [-0.3, -0.25) is 19.2 Å². The van der Waals surface area contributed by atoms with Gasteiger partial charge in [-0.1, -0.05) is 33.1 Å². The number of Topliss-reactive ketones (excluding diaryl/α,β-unsaturated/α-hetero) is 1. The molecule has 0 bridgehead atoms. The van der Waals surface area contributed by atoms with E-state index in [0.717, 1.165) is 12.8 Å². The van der Waals surface area contributed by atoms with Crippen molar-refractivity contribution in [3.05, 3.63) is 29.8 Å². The predicted octanol–water partition coefficient (Wildman–Crippen LogP) is 2.76. The van der Waals surface area contributed by atoms with Gasteiger partial charge in [-0.15, -0.1) is 0 Å². The molecule has 3 unspecified atom stereocenters. The van der Waals surface area contributed by atoms with Gasteiger partial charge in [0.05, 0.1) is 12.6 Å². The normalized spacial score (nSPS) is 23.5. The third-order valence-electron chi connectivity index (χ3n) is 7.70. The van der Waals surface area contributed by atoms with Crippen molar-refractivity contribution in [2.24, 2.45) is 11.8 Å². The van der Waals surface area contributed by atoms with Gasteiger partial charge in [0.1, 0.15) is 12.1 Å². The lowest BCUT2D eigenvalue weighted by Crippen LogP contribution is -2.53. The summed E-state index contributed by atoms with van der Waals surface area (Å²) in [7, 11) is 0. The number of amides is 3. The number of hydrogen-bond acceptors (Lipinski definition) is 5. The lowest BCUT2D eigenvalue weighted by molar-refractivity contribution is -0.138. The number of nitrogens with one attached hydrogen (secondary N) is 1. The van der Waals surface area contributed by atoms with E-state index in [0.29, 0.717) is 43.0 Å². The summed E-state index contributed by atoms with van der Waals surface area (Å²) in [6.07, 6.45) is 7.30. The van der Waals surface area contributed by atoms with Crippen molar-refractivity contribution in [1.82, 2.24) is 15.1 Å². The Morgan fingerprint density at radius 3 is 2.37 bits per heavy atom. The molecule has 8 nitrogen and oxygen atoms in total. The minimum Gasteiger partial charge on any atom is -0.399 e. The van der Waals surface area contributed by atoms with Crippen LogP contribution < -0.4 is 11.1 Å². The first kappa shape index (κ1) is 25.2. The second-order valence-corrected chi connectivity index (χ2v) is 10.8. The smallest absolute Gasteiger partial charge is 0.251 e. The second kappa shape index (κ2) is 10.8. The minimum absolute atomic E-state index is 0.0439. The van der Waals surface area contributed by atoms with E-state index >= 15 is 0 Å². The van der Waals surface area contributed by atoms with Crippen LogP contribution in [0.3, 0.4) is 0 Å². The molecule has 2 saturated heterocycles. The lowest BCUT2D eigenvalue weighted by Gasteiger charge is -2.29. The zero-order valence-corrected chi connectivity index (χ0v) is 20.9. The fourth-order valence-corrected chi connectivity index (χ4v) is 5.91. The van der Waals surface area contributed by atoms with Gasteiger partial charge in [-0.25, -0.2) is 0 Å². The Morgan fingerprint density at radius 1 is 1.03 bits per heavy atom. The zero-order chi connectivity index (χ0) is 25.1. The Labute approximate surface area is 207 Å². The van der Waals surface area contributed by atoms with E-state index in [2.05, 4.69) is 5.32 Å². The minimum atomic E-state index is -0.737. The van der Waals surface area contributed by atoms with Gasteiger partial charge in [0.2, 0.25) is 11.8 Å². The summed E-state index contributed by atoms with van der Waals surface area (Å²) in [5.74, 6) is -0.0504. The average molecular weight is 483 g/mol. The molecule has 1 aromatic carbocycles. The van der Waals surface area contributed by atoms with Crippen molar-refractivity contribution in [3.8, 4) is 0 Å². The van der Waals surface area contributed by atoms with Crippen LogP contribution in [-0.2, 0) is 14.4 Å². The maximum atomic E-state index is 13.6. The molecule has 2 aliphatic heterocycles. The van der Waals surface area contributed by atoms with Gasteiger partial charge in [0, 0.05) is 24.2 Å². The number of likely N-dealkylation sites (tertiary alicyclic amines) is 2. The summed E-state index contributed by atoms with van der Waals surface area (Å²) in [5.41, 5.74) is 6.70. The molecule has 0 aromatic heterocycles. The van der Waals surface area contributed by atoms with Crippen LogP contribution in [-0.4, -0.2) is 64.5 Å². The van der Waals surface area contributed by atoms with E-state index in [1.807, 2.05) is 13.8 Å². The molecule has 35 heavy (non-hydrogen) atoms. The number of nitrogens with zero attached hydrogens (tertiary/aromatic N) is 2. The van der Waals surface area contributed by atoms with Crippen molar-refractivity contribution >= 4 is 29.2 Å². The standard InChI is InChI=1S/C27H38N4O4/c1-17(2)14-21(29-26(34)19-8-10-20(28)11-9-19)27(35)30-13-12-22-25(30)23(32)16-31(22)24(33)15-18-6-4-3-5-7-18/h8-11,17-18,21-22,25H,3-7,12-16,28H2,1-2H3,(H,29,34). The van der Waals surface area contributed by atoms with E-state index < -0.39 is 12.1 Å². The van der Waals surface area contributed by atoms with Crippen LogP contribution in [0.15, 0.2) is 24.3 Å². The molecule has 3 atom stereocenters. The number of carbonyl (C=O) groups is 4. The highest BCUT2D eigenvalue weighted by atomic mass is 16.2. The molecule has 3 aliphatic rings. The van der Waals surface area contributed by atoms with Gasteiger partial charge in [-0.2, -0.15) is 0 Å². The zero-order valence-electron chi connectivity index (χ0n) is 20.9. The second-order valence-electron chi connectivity index (χ2n) is 10.8. The molecule has 190 valence electrons. The highest BCUT2D eigenvalue weighted by Crippen LogP contribution is 2.33. The van der Waals surface area contributed by atoms with E-state index in [4.69, 9.17) is 5.73 Å². The number of rotatable bonds is 7. The summed E-state index contributed by atoms with van der Waals surface area (Å²) < 4.78 is 0. The highest BCUT2D eigenvalue weighted by Gasteiger charge is 2.52. The number of carbonyl (C=O) groups excluding carboxylic acids is 4. The number of fused-ring (bicyclic) bond motifs is 1. The Balaban J connectivity index is 1.44. The number of hydrogen-bond donors (Lipinski definition) is 2. The third kappa shape index (κ3) is 5.68. The third-order valence-corrected chi connectivity index (χ3v) is 7.70. The summed E-state index contributed by atoms with van der Waals surface area (Å²) >= 11 is 0. The van der Waals surface area contributed by atoms with Gasteiger partial charge < -0.3 is 20.9 Å². The van der Waals surface area contributed by atoms with Crippen LogP contribution in [0.5, 0.6) is 0 Å². The summed E-state index contributed by atoms with van der Waals surface area (Å²) in [5, 5.41) is 2.88. The van der Waals surface area contributed by atoms with Gasteiger partial charge in [-0.05, 0) is 61.8 Å². The van der Waals surface area contributed by atoms with Gasteiger partial charge in [0.25, 0.3) is 5.91 Å². The molecular formula is C27H38N4O4. The fraction of sp³-hybridized carbons (Fsp3) is 0.630. The van der Waals surface area contributed by atoms with Crippen molar-refractivity contribution < 1.29 is 19.2 Å². The number of nitrogens with two attached hydrogens (primary N) is 1. The van der Waals surface area contributed by atoms with Crippen LogP contribution >= 0.6 is 0 Å². The van der Waals surface area contributed by atoms with Crippen molar-refractivity contribution in [2.45, 2.75) is 83.3 Å². The van der Waals surface area contributed by atoms with Crippen molar-refractivity contribution in [2.75, 3.05) is 18.8 Å². The van der Waals surface area contributed by atoms with Crippen molar-refractivity contribution in [1.29, 1.82) is 0 Å². The highest BCUT2D eigenvalue weighted by molar-refractivity contribution is 6.00. The van der Waals surface area contributed by atoms with Crippen LogP contribution in [0.1, 0.15) is 75.6 Å². The number of ketones is 1. The molecule has 2 heterocycles. The molecule has 4 rings (SSSR count). The number of anilines is 1. The van der Waals surface area contributed by atoms with Crippen molar-refractivity contribution in [3.63, 3.8) is 0 Å². The molecule has 3 fully saturated rings. The predicted molar refractivity (Wildman–Crippen MR) is 133 cm³/mol. The summed E-state index contributed by atoms with van der Waals surface area (Å²) in [6, 6.07) is 4.95. The van der Waals surface area contributed by atoms with E-state index in [9.17, 15) is 19.2 Å². The van der Waals surface area contributed by atoms with E-state index in [1.165, 1.54) is 19.3 Å². The van der Waals surface area contributed by atoms with E-state index in [-0.39, 0.29) is 42.0 Å².